The number of nitrogens with zero attached hydrogens (tertiary/aromatic N) is 3. The summed E-state index contributed by atoms with van der Waals surface area (Å²) in [5.41, 5.74) is 2.39. The number of benzene rings is 2. The highest BCUT2D eigenvalue weighted by Crippen LogP contribution is 2.29. The normalized spacial score (nSPS) is 11.6. The average Bonchev–Trinajstić information content (AvgIpc) is 3.07. The molecule has 0 radical (unpaired) electrons. The van der Waals surface area contributed by atoms with Crippen LogP contribution in [-0.4, -0.2) is 29.6 Å². The topological polar surface area (TPSA) is 84.8 Å². The minimum absolute atomic E-state index is 0.265. The molecule has 0 fully saturated rings. The standard InChI is InChI=1S/C19H15ClN4O2S2/c1-28(25,26)14-8-6-13(7-9-14)23-18-17-19(22-11-21-18)27-16(24-17)10-12-4-2-3-5-15(12)20/h2-9,11H,10H2,1H3,(H,21,22,23). The van der Waals surface area contributed by atoms with Crippen LogP contribution in [0, 0.1) is 0 Å². The van der Waals surface area contributed by atoms with Crippen LogP contribution in [0.25, 0.3) is 10.3 Å². The van der Waals surface area contributed by atoms with Crippen LogP contribution in [0.2, 0.25) is 5.02 Å². The van der Waals surface area contributed by atoms with Crippen molar-refractivity contribution in [1.82, 2.24) is 15.0 Å². The van der Waals surface area contributed by atoms with E-state index < -0.39 is 9.84 Å². The van der Waals surface area contributed by atoms with Gasteiger partial charge in [0.2, 0.25) is 0 Å². The van der Waals surface area contributed by atoms with Gasteiger partial charge in [-0.1, -0.05) is 41.1 Å². The highest BCUT2D eigenvalue weighted by molar-refractivity contribution is 7.90. The van der Waals surface area contributed by atoms with Crippen molar-refractivity contribution in [3.63, 3.8) is 0 Å². The zero-order valence-corrected chi connectivity index (χ0v) is 17.1. The Morgan fingerprint density at radius 1 is 1.07 bits per heavy atom. The molecule has 6 nitrogen and oxygen atoms in total. The maximum atomic E-state index is 11.6. The van der Waals surface area contributed by atoms with Gasteiger partial charge in [0.1, 0.15) is 21.7 Å². The van der Waals surface area contributed by atoms with Crippen molar-refractivity contribution in [2.45, 2.75) is 11.3 Å². The summed E-state index contributed by atoms with van der Waals surface area (Å²) in [7, 11) is -3.23. The molecule has 0 spiro atoms. The number of sulfone groups is 1. The quantitative estimate of drug-likeness (QED) is 0.502. The molecular formula is C19H15ClN4O2S2. The van der Waals surface area contributed by atoms with Crippen molar-refractivity contribution in [3.05, 3.63) is 70.5 Å². The SMILES string of the molecule is CS(=O)(=O)c1ccc(Nc2ncnc3sc(Cc4ccccc4Cl)nc23)cc1. The number of aromatic nitrogens is 3. The lowest BCUT2D eigenvalue weighted by Gasteiger charge is -2.06. The maximum absolute atomic E-state index is 11.6. The third-order valence-corrected chi connectivity index (χ3v) is 6.54. The lowest BCUT2D eigenvalue weighted by atomic mass is 10.2. The van der Waals surface area contributed by atoms with Gasteiger partial charge in [-0.3, -0.25) is 0 Å². The zero-order valence-electron chi connectivity index (χ0n) is 14.8. The van der Waals surface area contributed by atoms with E-state index in [1.807, 2.05) is 24.3 Å². The Bertz CT molecular complexity index is 1250. The van der Waals surface area contributed by atoms with Crippen LogP contribution in [0.15, 0.2) is 59.8 Å². The highest BCUT2D eigenvalue weighted by atomic mass is 35.5. The summed E-state index contributed by atoms with van der Waals surface area (Å²) in [4.78, 5) is 14.3. The molecule has 0 aliphatic heterocycles. The number of rotatable bonds is 5. The summed E-state index contributed by atoms with van der Waals surface area (Å²) in [6.45, 7) is 0. The number of hydrogen-bond donors (Lipinski definition) is 1. The first-order valence-electron chi connectivity index (χ1n) is 8.31. The van der Waals surface area contributed by atoms with Gasteiger partial charge >= 0.3 is 0 Å². The first-order valence-corrected chi connectivity index (χ1v) is 11.4. The molecule has 2 aromatic carbocycles. The van der Waals surface area contributed by atoms with Gasteiger partial charge < -0.3 is 5.32 Å². The van der Waals surface area contributed by atoms with Gasteiger partial charge in [-0.2, -0.15) is 0 Å². The van der Waals surface area contributed by atoms with Crippen molar-refractivity contribution in [2.75, 3.05) is 11.6 Å². The Morgan fingerprint density at radius 2 is 1.82 bits per heavy atom. The second kappa shape index (κ2) is 7.46. The minimum Gasteiger partial charge on any atom is -0.338 e. The van der Waals surface area contributed by atoms with E-state index in [0.717, 1.165) is 15.4 Å². The second-order valence-electron chi connectivity index (χ2n) is 6.17. The summed E-state index contributed by atoms with van der Waals surface area (Å²) in [6, 6.07) is 14.2. The molecule has 4 rings (SSSR count). The van der Waals surface area contributed by atoms with Crippen LogP contribution in [-0.2, 0) is 16.3 Å². The van der Waals surface area contributed by atoms with E-state index in [4.69, 9.17) is 11.6 Å². The molecular weight excluding hydrogens is 416 g/mol. The molecule has 0 aliphatic carbocycles. The van der Waals surface area contributed by atoms with E-state index in [9.17, 15) is 8.42 Å². The fourth-order valence-electron chi connectivity index (χ4n) is 2.69. The highest BCUT2D eigenvalue weighted by Gasteiger charge is 2.13. The Labute approximate surface area is 171 Å². The largest absolute Gasteiger partial charge is 0.338 e. The third kappa shape index (κ3) is 3.99. The summed E-state index contributed by atoms with van der Waals surface area (Å²) in [6.07, 6.45) is 3.27. The van der Waals surface area contributed by atoms with Crippen LogP contribution in [0.4, 0.5) is 11.5 Å². The lowest BCUT2D eigenvalue weighted by molar-refractivity contribution is 0.602. The number of nitrogens with one attached hydrogen (secondary N) is 1. The van der Waals surface area contributed by atoms with Crippen LogP contribution in [0.5, 0.6) is 0 Å². The molecule has 9 heteroatoms. The van der Waals surface area contributed by atoms with Gasteiger partial charge in [0.25, 0.3) is 0 Å². The fourth-order valence-corrected chi connectivity index (χ4v) is 4.45. The van der Waals surface area contributed by atoms with Gasteiger partial charge in [-0.25, -0.2) is 23.4 Å². The first kappa shape index (κ1) is 18.8. The molecule has 0 unspecified atom stereocenters. The Morgan fingerprint density at radius 3 is 2.54 bits per heavy atom. The number of fused-ring (bicyclic) bond motifs is 1. The second-order valence-corrected chi connectivity index (χ2v) is 9.66. The van der Waals surface area contributed by atoms with E-state index in [1.165, 1.54) is 23.9 Å². The van der Waals surface area contributed by atoms with Crippen LogP contribution >= 0.6 is 22.9 Å². The Balaban J connectivity index is 1.63. The van der Waals surface area contributed by atoms with Crippen LogP contribution in [0.1, 0.15) is 10.6 Å². The molecule has 0 atom stereocenters. The van der Waals surface area contributed by atoms with Crippen molar-refractivity contribution >= 4 is 54.6 Å². The molecule has 2 aromatic heterocycles. The van der Waals surface area contributed by atoms with E-state index >= 15 is 0 Å². The van der Waals surface area contributed by atoms with Gasteiger partial charge in [0.05, 0.1) is 4.90 Å². The monoisotopic (exact) mass is 430 g/mol. The molecule has 0 amide bonds. The first-order chi connectivity index (χ1) is 13.4. The third-order valence-electron chi connectivity index (χ3n) is 4.08. The van der Waals surface area contributed by atoms with E-state index in [1.54, 1.807) is 24.3 Å². The molecule has 0 bridgehead atoms. The number of halogens is 1. The Kier molecular flexibility index (Phi) is 5.01. The molecule has 28 heavy (non-hydrogen) atoms. The lowest BCUT2D eigenvalue weighted by Crippen LogP contribution is -1.99. The fraction of sp³-hybridized carbons (Fsp3) is 0.105. The summed E-state index contributed by atoms with van der Waals surface area (Å²) in [5, 5.41) is 4.78. The predicted molar refractivity (Wildman–Crippen MR) is 112 cm³/mol. The summed E-state index contributed by atoms with van der Waals surface area (Å²) in [5.74, 6) is 0.568. The summed E-state index contributed by atoms with van der Waals surface area (Å²) >= 11 is 7.74. The average molecular weight is 431 g/mol. The zero-order chi connectivity index (χ0) is 19.7. The van der Waals surface area contributed by atoms with Crippen molar-refractivity contribution in [3.8, 4) is 0 Å². The van der Waals surface area contributed by atoms with Crippen LogP contribution < -0.4 is 5.32 Å². The van der Waals surface area contributed by atoms with Gasteiger partial charge in [0.15, 0.2) is 15.7 Å². The maximum Gasteiger partial charge on any atom is 0.175 e. The predicted octanol–water partition coefficient (Wildman–Crippen LogP) is 4.48. The molecule has 2 heterocycles. The van der Waals surface area contributed by atoms with Crippen molar-refractivity contribution in [2.24, 2.45) is 0 Å². The smallest absolute Gasteiger partial charge is 0.175 e. The van der Waals surface area contributed by atoms with Crippen molar-refractivity contribution in [1.29, 1.82) is 0 Å². The molecule has 0 saturated heterocycles. The Hall–Kier alpha value is -2.55. The molecule has 1 N–H and O–H groups in total. The van der Waals surface area contributed by atoms with E-state index in [2.05, 4.69) is 20.3 Å². The van der Waals surface area contributed by atoms with E-state index in [-0.39, 0.29) is 4.90 Å². The van der Waals surface area contributed by atoms with Gasteiger partial charge in [0, 0.05) is 23.4 Å². The number of anilines is 2. The van der Waals surface area contributed by atoms with Crippen molar-refractivity contribution < 1.29 is 8.42 Å². The van der Waals surface area contributed by atoms with Gasteiger partial charge in [-0.15, -0.1) is 0 Å². The van der Waals surface area contributed by atoms with Gasteiger partial charge in [-0.05, 0) is 35.9 Å². The molecule has 0 aliphatic rings. The summed E-state index contributed by atoms with van der Waals surface area (Å²) < 4.78 is 23.2. The van der Waals surface area contributed by atoms with Crippen LogP contribution in [0.3, 0.4) is 0 Å². The van der Waals surface area contributed by atoms with E-state index in [0.29, 0.717) is 28.5 Å². The number of thiazole rings is 1. The number of hydrogen-bond acceptors (Lipinski definition) is 7. The molecule has 0 saturated carbocycles. The minimum atomic E-state index is -3.23. The molecule has 4 aromatic rings. The molecule has 142 valence electrons.